The van der Waals surface area contributed by atoms with Gasteiger partial charge in [-0.2, -0.15) is 4.31 Å². The Hall–Kier alpha value is -2.41. The van der Waals surface area contributed by atoms with E-state index in [1.165, 1.54) is 27.4 Å². The molecule has 0 radical (unpaired) electrons. The van der Waals surface area contributed by atoms with Crippen LogP contribution in [0.25, 0.3) is 0 Å². The van der Waals surface area contributed by atoms with Crippen molar-refractivity contribution in [2.75, 3.05) is 32.7 Å². The summed E-state index contributed by atoms with van der Waals surface area (Å²) in [6, 6.07) is 8.75. The first kappa shape index (κ1) is 28.6. The quantitative estimate of drug-likeness (QED) is 0.499. The number of piperazine rings is 1. The highest BCUT2D eigenvalue weighted by Gasteiger charge is 2.54. The van der Waals surface area contributed by atoms with Crippen molar-refractivity contribution in [1.29, 1.82) is 0 Å². The van der Waals surface area contributed by atoms with Crippen molar-refractivity contribution in [3.63, 3.8) is 0 Å². The first-order valence-corrected chi connectivity index (χ1v) is 14.3. The van der Waals surface area contributed by atoms with Gasteiger partial charge in [-0.15, -0.1) is 0 Å². The average molecular weight is 584 g/mol. The molecule has 2 amide bonds. The molecule has 3 atom stereocenters. The molecule has 0 spiro atoms. The molecule has 2 heterocycles. The third-order valence-corrected chi connectivity index (χ3v) is 9.62. The normalized spacial score (nSPS) is 22.8. The summed E-state index contributed by atoms with van der Waals surface area (Å²) < 4.78 is 29.4. The summed E-state index contributed by atoms with van der Waals surface area (Å²) in [4.78, 5) is 32.1. The zero-order chi connectivity index (χ0) is 27.9. The Balaban J connectivity index is 1.83. The first-order valence-electron chi connectivity index (χ1n) is 12.1. The lowest BCUT2D eigenvalue weighted by atomic mass is 9.96. The summed E-state index contributed by atoms with van der Waals surface area (Å²) in [5.74, 6) is -0.592. The van der Waals surface area contributed by atoms with Crippen LogP contribution >= 0.6 is 23.2 Å². The molecule has 2 saturated heterocycles. The molecule has 10 nitrogen and oxygen atoms in total. The van der Waals surface area contributed by atoms with Gasteiger partial charge in [-0.25, -0.2) is 8.42 Å². The van der Waals surface area contributed by atoms with Crippen LogP contribution in [0.15, 0.2) is 47.4 Å². The summed E-state index contributed by atoms with van der Waals surface area (Å²) in [5, 5.41) is 11.2. The summed E-state index contributed by atoms with van der Waals surface area (Å²) in [7, 11) is -0.814. The molecule has 13 heteroatoms. The molecule has 2 aromatic carbocycles. The third kappa shape index (κ3) is 5.23. The van der Waals surface area contributed by atoms with E-state index in [1.54, 1.807) is 48.2 Å². The van der Waals surface area contributed by atoms with Gasteiger partial charge in [-0.3, -0.25) is 14.5 Å². The van der Waals surface area contributed by atoms with Crippen molar-refractivity contribution in [2.45, 2.75) is 49.5 Å². The van der Waals surface area contributed by atoms with E-state index in [0.29, 0.717) is 10.7 Å². The fourth-order valence-corrected chi connectivity index (χ4v) is 7.31. The van der Waals surface area contributed by atoms with Crippen LogP contribution in [-0.2, 0) is 26.0 Å². The number of hydrogen-bond acceptors (Lipinski definition) is 7. The monoisotopic (exact) mass is 582 g/mol. The lowest BCUT2D eigenvalue weighted by Gasteiger charge is -2.54. The second-order valence-corrected chi connectivity index (χ2v) is 12.7. The molecule has 0 aromatic heterocycles. The summed E-state index contributed by atoms with van der Waals surface area (Å²) in [5.41, 5.74) is 2.91. The number of halogens is 2. The highest BCUT2D eigenvalue weighted by atomic mass is 35.5. The van der Waals surface area contributed by atoms with E-state index in [9.17, 15) is 23.2 Å². The SMILES string of the molecule is CC(C)N1CC2N(C(=O)C(N(C)C)CN2S(=O)(=O)c2ccc(Cl)cc2Cl)C(Cc2ccc(N[O-])cc2)C1=O. The van der Waals surface area contributed by atoms with Crippen molar-refractivity contribution < 1.29 is 18.0 Å². The van der Waals surface area contributed by atoms with Crippen molar-refractivity contribution in [1.82, 2.24) is 19.0 Å². The van der Waals surface area contributed by atoms with E-state index in [-0.39, 0.29) is 47.3 Å². The number of nitrogens with one attached hydrogen (secondary N) is 1. The molecular formula is C25H30Cl2N5O5S-. The Morgan fingerprint density at radius 3 is 2.26 bits per heavy atom. The maximum Gasteiger partial charge on any atom is 0.246 e. The van der Waals surface area contributed by atoms with Crippen LogP contribution in [0.1, 0.15) is 19.4 Å². The zero-order valence-corrected chi connectivity index (χ0v) is 23.8. The molecule has 0 aliphatic carbocycles. The van der Waals surface area contributed by atoms with E-state index >= 15 is 0 Å². The number of benzene rings is 2. The van der Waals surface area contributed by atoms with Gasteiger partial charge >= 0.3 is 0 Å². The average Bonchev–Trinajstić information content (AvgIpc) is 2.85. The number of sulfonamides is 1. The molecule has 0 saturated carbocycles. The number of nitrogens with zero attached hydrogens (tertiary/aromatic N) is 4. The van der Waals surface area contributed by atoms with Crippen LogP contribution < -0.4 is 5.48 Å². The number of likely N-dealkylation sites (N-methyl/N-ethyl adjacent to an activating group) is 1. The Bertz CT molecular complexity index is 1320. The Labute approximate surface area is 232 Å². The molecular weight excluding hydrogens is 553 g/mol. The van der Waals surface area contributed by atoms with Gasteiger partial charge in [0.25, 0.3) is 0 Å². The van der Waals surface area contributed by atoms with Gasteiger partial charge < -0.3 is 20.5 Å². The fourth-order valence-electron chi connectivity index (χ4n) is 4.98. The molecule has 2 fully saturated rings. The minimum atomic E-state index is -4.20. The van der Waals surface area contributed by atoms with Gasteiger partial charge in [0.1, 0.15) is 23.1 Å². The lowest BCUT2D eigenvalue weighted by Crippen LogP contribution is -2.76. The van der Waals surface area contributed by atoms with Crippen LogP contribution in [-0.4, -0.2) is 90.7 Å². The second-order valence-electron chi connectivity index (χ2n) is 9.96. The lowest BCUT2D eigenvalue weighted by molar-refractivity contribution is -0.171. The number of hydrogen-bond donors (Lipinski definition) is 1. The molecule has 38 heavy (non-hydrogen) atoms. The molecule has 2 aliphatic heterocycles. The van der Waals surface area contributed by atoms with E-state index < -0.39 is 28.3 Å². The number of rotatable bonds is 7. The van der Waals surface area contributed by atoms with E-state index in [2.05, 4.69) is 0 Å². The van der Waals surface area contributed by atoms with E-state index in [1.807, 2.05) is 19.3 Å². The van der Waals surface area contributed by atoms with Crippen molar-refractivity contribution in [2.24, 2.45) is 0 Å². The number of carbonyl (C=O) groups is 2. The third-order valence-electron chi connectivity index (χ3n) is 7.04. The van der Waals surface area contributed by atoms with Gasteiger partial charge in [-0.1, -0.05) is 35.3 Å². The minimum absolute atomic E-state index is 0.0162. The van der Waals surface area contributed by atoms with Gasteiger partial charge in [0.15, 0.2) is 0 Å². The van der Waals surface area contributed by atoms with E-state index in [0.717, 1.165) is 5.56 Å². The topological polar surface area (TPSA) is 116 Å². The molecule has 4 rings (SSSR count). The van der Waals surface area contributed by atoms with Crippen molar-refractivity contribution >= 4 is 50.7 Å². The molecule has 0 bridgehead atoms. The van der Waals surface area contributed by atoms with Gasteiger partial charge in [0.05, 0.1) is 11.6 Å². The molecule has 3 unspecified atom stereocenters. The highest BCUT2D eigenvalue weighted by molar-refractivity contribution is 7.89. The summed E-state index contributed by atoms with van der Waals surface area (Å²) in [6.07, 6.45) is -0.790. The number of anilines is 1. The number of carbonyl (C=O) groups excluding carboxylic acids is 2. The fraction of sp³-hybridized carbons (Fsp3) is 0.440. The molecule has 206 valence electrons. The number of fused-ring (bicyclic) bond motifs is 1. The zero-order valence-electron chi connectivity index (χ0n) is 21.5. The Morgan fingerprint density at radius 1 is 1.05 bits per heavy atom. The molecule has 2 aromatic rings. The van der Waals surface area contributed by atoms with E-state index in [4.69, 9.17) is 23.2 Å². The maximum atomic E-state index is 14.0. The second kappa shape index (κ2) is 11.0. The van der Waals surface area contributed by atoms with Crippen molar-refractivity contribution in [3.05, 3.63) is 63.3 Å². The van der Waals surface area contributed by atoms with Gasteiger partial charge in [0.2, 0.25) is 21.8 Å². The first-order chi connectivity index (χ1) is 17.9. The van der Waals surface area contributed by atoms with Crippen LogP contribution in [0.4, 0.5) is 5.69 Å². The van der Waals surface area contributed by atoms with Crippen LogP contribution in [0.2, 0.25) is 10.0 Å². The predicted octanol–water partition coefficient (Wildman–Crippen LogP) is 2.85. The maximum absolute atomic E-state index is 14.0. The van der Waals surface area contributed by atoms with Crippen LogP contribution in [0.3, 0.4) is 0 Å². The van der Waals surface area contributed by atoms with Crippen molar-refractivity contribution in [3.8, 4) is 0 Å². The van der Waals surface area contributed by atoms with Gasteiger partial charge in [0, 0.05) is 29.7 Å². The van der Waals surface area contributed by atoms with Crippen LogP contribution in [0, 0.1) is 5.21 Å². The summed E-state index contributed by atoms with van der Waals surface area (Å²) in [6.45, 7) is 3.61. The minimum Gasteiger partial charge on any atom is -0.761 e. The molecule has 2 aliphatic rings. The predicted molar refractivity (Wildman–Crippen MR) is 146 cm³/mol. The van der Waals surface area contributed by atoms with Gasteiger partial charge in [-0.05, 0) is 63.8 Å². The Kier molecular flexibility index (Phi) is 8.27. The summed E-state index contributed by atoms with van der Waals surface area (Å²) >= 11 is 12.3. The largest absolute Gasteiger partial charge is 0.761 e. The standard InChI is InChI=1S/C25H30Cl2N5O5S/c1-15(2)30-14-23-31(38(36,37)22-10-7-17(26)12-19(22)27)13-21(29(3)4)25(34)32(23)20(24(30)33)11-16-5-8-18(28-35)9-6-16/h5-10,12,15,20-21,23,28H,11,13-14H2,1-4H3/q-1. The smallest absolute Gasteiger partial charge is 0.246 e. The number of amides is 2. The highest BCUT2D eigenvalue weighted by Crippen LogP contribution is 2.35. The molecule has 1 N–H and O–H groups in total. The van der Waals surface area contributed by atoms with Crippen LogP contribution in [0.5, 0.6) is 0 Å². The Morgan fingerprint density at radius 2 is 1.71 bits per heavy atom.